The Bertz CT molecular complexity index is 676. The van der Waals surface area contributed by atoms with Crippen LogP contribution < -0.4 is 5.32 Å². The largest absolute Gasteiger partial charge is 0.351 e. The predicted octanol–water partition coefficient (Wildman–Crippen LogP) is 3.15. The molecule has 0 heterocycles. The van der Waals surface area contributed by atoms with E-state index in [1.54, 1.807) is 18.2 Å². The summed E-state index contributed by atoms with van der Waals surface area (Å²) in [6.07, 6.45) is 0. The van der Waals surface area contributed by atoms with Gasteiger partial charge in [-0.15, -0.1) is 0 Å². The molecule has 1 N–H and O–H groups in total. The average molecular weight is 384 g/mol. The third-order valence-corrected chi connectivity index (χ3v) is 4.73. The predicted molar refractivity (Wildman–Crippen MR) is 89.1 cm³/mol. The van der Waals surface area contributed by atoms with Crippen molar-refractivity contribution in [3.05, 3.63) is 69.9 Å². The first kappa shape index (κ1) is 16.8. The topological polar surface area (TPSA) is 46.2 Å². The molecule has 1 atom stereocenters. The number of rotatable bonds is 6. The lowest BCUT2D eigenvalue weighted by molar-refractivity contribution is -0.118. The van der Waals surface area contributed by atoms with Crippen LogP contribution in [0.15, 0.2) is 53.0 Å². The Morgan fingerprint density at radius 2 is 1.82 bits per heavy atom. The van der Waals surface area contributed by atoms with Gasteiger partial charge in [0.25, 0.3) is 0 Å². The Labute approximate surface area is 139 Å². The Kier molecular flexibility index (Phi) is 6.27. The highest BCUT2D eigenvalue weighted by atomic mass is 79.9. The molecule has 1 amide bonds. The van der Waals surface area contributed by atoms with E-state index >= 15 is 0 Å². The highest BCUT2D eigenvalue weighted by Gasteiger charge is 2.09. The van der Waals surface area contributed by atoms with Gasteiger partial charge >= 0.3 is 0 Å². The van der Waals surface area contributed by atoms with Gasteiger partial charge in [0.05, 0.1) is 0 Å². The van der Waals surface area contributed by atoms with Crippen molar-refractivity contribution in [2.75, 3.05) is 5.75 Å². The molecule has 6 heteroatoms. The van der Waals surface area contributed by atoms with E-state index < -0.39 is 10.8 Å². The van der Waals surface area contributed by atoms with Gasteiger partial charge in [-0.25, -0.2) is 4.39 Å². The standard InChI is InChI=1S/C16H15BrFNO2S/c17-14-7-5-12(6-8-14)10-22(21)11-16(20)19-9-13-3-1-2-4-15(13)18/h1-8H,9-11H2,(H,19,20)/t22-/m1/s1. The molecule has 0 aliphatic rings. The first-order chi connectivity index (χ1) is 10.5. The molecule has 2 aromatic carbocycles. The van der Waals surface area contributed by atoms with Gasteiger partial charge < -0.3 is 5.32 Å². The number of nitrogens with one attached hydrogen (secondary N) is 1. The normalized spacial score (nSPS) is 11.9. The summed E-state index contributed by atoms with van der Waals surface area (Å²) >= 11 is 3.33. The molecule has 0 saturated carbocycles. The monoisotopic (exact) mass is 383 g/mol. The van der Waals surface area contributed by atoms with Crippen LogP contribution >= 0.6 is 15.9 Å². The second kappa shape index (κ2) is 8.19. The van der Waals surface area contributed by atoms with Crippen LogP contribution in [0, 0.1) is 5.82 Å². The maximum absolute atomic E-state index is 13.4. The number of benzene rings is 2. The molecule has 0 unspecified atom stereocenters. The maximum Gasteiger partial charge on any atom is 0.232 e. The van der Waals surface area contributed by atoms with Gasteiger partial charge in [0, 0.05) is 33.1 Å². The lowest BCUT2D eigenvalue weighted by atomic mass is 10.2. The number of carbonyl (C=O) groups is 1. The molecule has 0 fully saturated rings. The highest BCUT2D eigenvalue weighted by molar-refractivity contribution is 9.10. The quantitative estimate of drug-likeness (QED) is 0.832. The zero-order chi connectivity index (χ0) is 15.9. The first-order valence-corrected chi connectivity index (χ1v) is 8.92. The van der Waals surface area contributed by atoms with Crippen molar-refractivity contribution >= 4 is 32.6 Å². The van der Waals surface area contributed by atoms with Gasteiger partial charge in [0.1, 0.15) is 11.6 Å². The van der Waals surface area contributed by atoms with Gasteiger partial charge in [0.15, 0.2) is 0 Å². The van der Waals surface area contributed by atoms with Crippen LogP contribution in [-0.2, 0) is 27.9 Å². The van der Waals surface area contributed by atoms with E-state index in [-0.39, 0.29) is 24.0 Å². The molecule has 0 aliphatic carbocycles. The molecule has 2 rings (SSSR count). The van der Waals surface area contributed by atoms with Gasteiger partial charge in [-0.1, -0.05) is 46.3 Å². The number of amides is 1. The average Bonchev–Trinajstić information content (AvgIpc) is 2.49. The van der Waals surface area contributed by atoms with Crippen molar-refractivity contribution in [1.29, 1.82) is 0 Å². The lowest BCUT2D eigenvalue weighted by Crippen LogP contribution is -2.28. The van der Waals surface area contributed by atoms with E-state index in [2.05, 4.69) is 21.2 Å². The van der Waals surface area contributed by atoms with Crippen LogP contribution in [0.4, 0.5) is 4.39 Å². The van der Waals surface area contributed by atoms with Crippen LogP contribution in [0.25, 0.3) is 0 Å². The number of halogens is 2. The summed E-state index contributed by atoms with van der Waals surface area (Å²) < 4.78 is 26.3. The van der Waals surface area contributed by atoms with Gasteiger partial charge in [-0.3, -0.25) is 9.00 Å². The van der Waals surface area contributed by atoms with Gasteiger partial charge in [0.2, 0.25) is 5.91 Å². The Morgan fingerprint density at radius 3 is 2.50 bits per heavy atom. The fourth-order valence-corrected chi connectivity index (χ4v) is 3.18. The van der Waals surface area contributed by atoms with Crippen molar-refractivity contribution in [3.63, 3.8) is 0 Å². The van der Waals surface area contributed by atoms with Gasteiger partial charge in [-0.2, -0.15) is 0 Å². The fraction of sp³-hybridized carbons (Fsp3) is 0.188. The molecule has 116 valence electrons. The Hall–Kier alpha value is -1.53. The molecule has 0 aliphatic heterocycles. The summed E-state index contributed by atoms with van der Waals surface area (Å²) in [4.78, 5) is 11.7. The number of carbonyl (C=O) groups excluding carboxylic acids is 1. The highest BCUT2D eigenvalue weighted by Crippen LogP contribution is 2.12. The van der Waals surface area contributed by atoms with Crippen LogP contribution in [0.3, 0.4) is 0 Å². The summed E-state index contributed by atoms with van der Waals surface area (Å²) in [5, 5.41) is 2.59. The Balaban J connectivity index is 1.80. The zero-order valence-electron chi connectivity index (χ0n) is 11.7. The first-order valence-electron chi connectivity index (χ1n) is 6.64. The molecular weight excluding hydrogens is 369 g/mol. The van der Waals surface area contributed by atoms with E-state index in [4.69, 9.17) is 0 Å². The molecule has 0 spiro atoms. The molecule has 2 aromatic rings. The molecular formula is C16H15BrFNO2S. The summed E-state index contributed by atoms with van der Waals surface area (Å²) in [5.41, 5.74) is 1.32. The second-order valence-corrected chi connectivity index (χ2v) is 7.10. The Morgan fingerprint density at radius 1 is 1.14 bits per heavy atom. The number of hydrogen-bond acceptors (Lipinski definition) is 2. The summed E-state index contributed by atoms with van der Waals surface area (Å²) in [6, 6.07) is 13.7. The van der Waals surface area contributed by atoms with Crippen LogP contribution in [0.5, 0.6) is 0 Å². The van der Waals surface area contributed by atoms with E-state index in [1.807, 2.05) is 24.3 Å². The van der Waals surface area contributed by atoms with Crippen LogP contribution in [0.1, 0.15) is 11.1 Å². The van der Waals surface area contributed by atoms with E-state index in [0.717, 1.165) is 10.0 Å². The minimum Gasteiger partial charge on any atom is -0.351 e. The SMILES string of the molecule is O=C(C[S@](=O)Cc1ccc(Br)cc1)NCc1ccccc1F. The van der Waals surface area contributed by atoms with Crippen molar-refractivity contribution in [3.8, 4) is 0 Å². The summed E-state index contributed by atoms with van der Waals surface area (Å²) in [5.74, 6) is -0.484. The van der Waals surface area contributed by atoms with Crippen molar-refractivity contribution < 1.29 is 13.4 Å². The van der Waals surface area contributed by atoms with Crippen molar-refractivity contribution in [2.45, 2.75) is 12.3 Å². The smallest absolute Gasteiger partial charge is 0.232 e. The molecule has 0 saturated heterocycles. The van der Waals surface area contributed by atoms with Crippen LogP contribution in [-0.4, -0.2) is 15.9 Å². The number of hydrogen-bond donors (Lipinski definition) is 1. The van der Waals surface area contributed by atoms with Crippen molar-refractivity contribution in [1.82, 2.24) is 5.32 Å². The fourth-order valence-electron chi connectivity index (χ4n) is 1.85. The summed E-state index contributed by atoms with van der Waals surface area (Å²) in [7, 11) is -1.29. The third-order valence-electron chi connectivity index (χ3n) is 2.97. The molecule has 0 radical (unpaired) electrons. The van der Waals surface area contributed by atoms with Gasteiger partial charge in [-0.05, 0) is 23.8 Å². The summed E-state index contributed by atoms with van der Waals surface area (Å²) in [6.45, 7) is 0.0982. The minimum absolute atomic E-state index is 0.0927. The molecule has 0 bridgehead atoms. The van der Waals surface area contributed by atoms with Crippen LogP contribution in [0.2, 0.25) is 0 Å². The van der Waals surface area contributed by atoms with E-state index in [1.165, 1.54) is 6.07 Å². The molecule has 3 nitrogen and oxygen atoms in total. The zero-order valence-corrected chi connectivity index (χ0v) is 14.1. The minimum atomic E-state index is -1.29. The van der Waals surface area contributed by atoms with Crippen molar-refractivity contribution in [2.24, 2.45) is 0 Å². The lowest BCUT2D eigenvalue weighted by Gasteiger charge is -2.06. The molecule has 22 heavy (non-hydrogen) atoms. The third kappa shape index (κ3) is 5.35. The molecule has 0 aromatic heterocycles. The van der Waals surface area contributed by atoms with E-state index in [9.17, 15) is 13.4 Å². The second-order valence-electron chi connectivity index (χ2n) is 4.72. The van der Waals surface area contributed by atoms with E-state index in [0.29, 0.717) is 11.3 Å². The maximum atomic E-state index is 13.4.